The maximum atomic E-state index is 12.5. The van der Waals surface area contributed by atoms with Gasteiger partial charge in [-0.2, -0.15) is 17.4 Å². The number of carbonyl (C=O) groups is 1. The minimum Gasteiger partial charge on any atom is -0.480 e. The van der Waals surface area contributed by atoms with E-state index < -0.39 is 33.7 Å². The summed E-state index contributed by atoms with van der Waals surface area (Å²) in [6.07, 6.45) is 0.421. The molecule has 25 heavy (non-hydrogen) atoms. The highest BCUT2D eigenvalue weighted by Gasteiger charge is 2.58. The number of hydrogen-bond acceptors (Lipinski definition) is 3. The second-order valence-corrected chi connectivity index (χ2v) is 8.22. The van der Waals surface area contributed by atoms with Gasteiger partial charge in [0.25, 0.3) is 10.2 Å². The number of rotatable bonds is 3. The Bertz CT molecular complexity index is 860. The van der Waals surface area contributed by atoms with Crippen LogP contribution >= 0.6 is 0 Å². The van der Waals surface area contributed by atoms with Crippen LogP contribution in [0.3, 0.4) is 0 Å². The summed E-state index contributed by atoms with van der Waals surface area (Å²) in [4.78, 5) is 11.6. The largest absolute Gasteiger partial charge is 0.480 e. The fourth-order valence-corrected chi connectivity index (χ4v) is 5.73. The number of carboxylic acids is 1. The zero-order chi connectivity index (χ0) is 17.7. The van der Waals surface area contributed by atoms with Gasteiger partial charge >= 0.3 is 5.97 Å². The predicted octanol–water partition coefficient (Wildman–Crippen LogP) is 1.35. The molecule has 0 unspecified atom stereocenters. The number of hydrogen-bond donors (Lipinski definition) is 2. The maximum absolute atomic E-state index is 12.5. The lowest BCUT2D eigenvalue weighted by Gasteiger charge is -2.31. The van der Waals surface area contributed by atoms with E-state index in [-0.39, 0.29) is 6.54 Å². The molecule has 0 aromatic heterocycles. The van der Waals surface area contributed by atoms with E-state index >= 15 is 0 Å². The molecule has 0 amide bonds. The van der Waals surface area contributed by atoms with Crippen LogP contribution in [0.1, 0.15) is 17.5 Å². The molecule has 2 N–H and O–H groups in total. The highest BCUT2D eigenvalue weighted by molar-refractivity contribution is 7.87. The summed E-state index contributed by atoms with van der Waals surface area (Å²) in [5.41, 5.74) is 1.43. The van der Waals surface area contributed by atoms with E-state index in [1.54, 1.807) is 0 Å². The lowest BCUT2D eigenvalue weighted by atomic mass is 9.72. The van der Waals surface area contributed by atoms with E-state index in [9.17, 15) is 18.3 Å². The van der Waals surface area contributed by atoms with Crippen molar-refractivity contribution in [1.29, 1.82) is 0 Å². The van der Waals surface area contributed by atoms with Crippen molar-refractivity contribution in [3.05, 3.63) is 71.8 Å². The molecule has 0 aliphatic carbocycles. The first-order valence-electron chi connectivity index (χ1n) is 8.07. The van der Waals surface area contributed by atoms with Crippen molar-refractivity contribution < 1.29 is 18.3 Å². The van der Waals surface area contributed by atoms with Gasteiger partial charge in [0.15, 0.2) is 0 Å². The Morgan fingerprint density at radius 2 is 1.56 bits per heavy atom. The zero-order valence-corrected chi connectivity index (χ0v) is 14.2. The average molecular weight is 358 g/mol. The summed E-state index contributed by atoms with van der Waals surface area (Å²) in [6.45, 7) is 0.227. The number of aliphatic carboxylic acids is 1. The van der Waals surface area contributed by atoms with Gasteiger partial charge in [-0.15, -0.1) is 0 Å². The lowest BCUT2D eigenvalue weighted by molar-refractivity contribution is -0.139. The van der Waals surface area contributed by atoms with Crippen LogP contribution in [-0.4, -0.2) is 42.4 Å². The Kier molecular flexibility index (Phi) is 3.68. The van der Waals surface area contributed by atoms with Crippen LogP contribution in [0.5, 0.6) is 0 Å². The van der Waals surface area contributed by atoms with E-state index in [1.807, 2.05) is 60.7 Å². The van der Waals surface area contributed by atoms with Crippen LogP contribution in [0.25, 0.3) is 0 Å². The molecule has 2 aromatic rings. The molecule has 0 radical (unpaired) electrons. The highest BCUT2D eigenvalue weighted by Crippen LogP contribution is 2.47. The molecule has 0 spiro atoms. The van der Waals surface area contributed by atoms with Gasteiger partial charge in [-0.1, -0.05) is 60.7 Å². The van der Waals surface area contributed by atoms with Gasteiger partial charge in [0.2, 0.25) is 0 Å². The van der Waals surface area contributed by atoms with Crippen molar-refractivity contribution in [3.63, 3.8) is 0 Å². The third-order valence-electron chi connectivity index (χ3n) is 5.24. The van der Waals surface area contributed by atoms with Crippen LogP contribution in [0.4, 0.5) is 0 Å². The lowest BCUT2D eigenvalue weighted by Crippen LogP contribution is -2.41. The van der Waals surface area contributed by atoms with Gasteiger partial charge in [0, 0.05) is 12.0 Å². The fourth-order valence-electron chi connectivity index (χ4n) is 4.08. The highest BCUT2D eigenvalue weighted by atomic mass is 32.2. The molecule has 2 fully saturated rings. The van der Waals surface area contributed by atoms with Gasteiger partial charge in [0.05, 0.1) is 6.04 Å². The first-order chi connectivity index (χ1) is 11.9. The maximum Gasteiger partial charge on any atom is 0.323 e. The van der Waals surface area contributed by atoms with Crippen LogP contribution in [-0.2, 0) is 20.4 Å². The van der Waals surface area contributed by atoms with E-state index in [0.717, 1.165) is 11.1 Å². The topological polar surface area (TPSA) is 86.7 Å². The third kappa shape index (κ3) is 2.47. The number of fused-ring (bicyclic) bond motifs is 1. The third-order valence-corrected chi connectivity index (χ3v) is 6.81. The van der Waals surface area contributed by atoms with Crippen molar-refractivity contribution in [2.75, 3.05) is 6.54 Å². The van der Waals surface area contributed by atoms with Crippen LogP contribution in [0, 0.1) is 0 Å². The standard InChI is InChI=1S/C18H18N2O4S/c21-17(22)16-15-11-18(13-7-3-1-4-8-13,14-9-5-2-6-10-14)12-20(15)25(23,24)19-16/h1-10,15-16,19H,11-12H2,(H,21,22)/t15-,16+/m0/s1. The zero-order valence-electron chi connectivity index (χ0n) is 13.4. The van der Waals surface area contributed by atoms with Gasteiger partial charge < -0.3 is 5.11 Å². The van der Waals surface area contributed by atoms with Gasteiger partial charge in [-0.25, -0.2) is 0 Å². The molecular formula is C18H18N2O4S. The molecule has 4 rings (SSSR count). The van der Waals surface area contributed by atoms with Crippen molar-refractivity contribution in [2.45, 2.75) is 23.9 Å². The number of benzene rings is 2. The molecule has 0 saturated carbocycles. The normalized spacial score (nSPS) is 27.0. The predicted molar refractivity (Wildman–Crippen MR) is 92.3 cm³/mol. The molecule has 2 aliphatic heterocycles. The number of nitrogens with one attached hydrogen (secondary N) is 1. The second-order valence-electron chi connectivity index (χ2n) is 6.57. The van der Waals surface area contributed by atoms with Gasteiger partial charge in [-0.3, -0.25) is 4.79 Å². The first kappa shape index (κ1) is 16.3. The van der Waals surface area contributed by atoms with Crippen molar-refractivity contribution >= 4 is 16.2 Å². The molecule has 0 bridgehead atoms. The summed E-state index contributed by atoms with van der Waals surface area (Å²) in [5.74, 6) is -1.15. The minimum absolute atomic E-state index is 0.227. The first-order valence-corrected chi connectivity index (χ1v) is 9.51. The minimum atomic E-state index is -3.80. The summed E-state index contributed by atoms with van der Waals surface area (Å²) < 4.78 is 28.5. The smallest absolute Gasteiger partial charge is 0.323 e. The molecular weight excluding hydrogens is 340 g/mol. The Hall–Kier alpha value is -2.22. The summed E-state index contributed by atoms with van der Waals surface area (Å²) >= 11 is 0. The molecule has 6 nitrogen and oxygen atoms in total. The summed E-state index contributed by atoms with van der Waals surface area (Å²) in [5, 5.41) is 9.45. The van der Waals surface area contributed by atoms with Gasteiger partial charge in [0.1, 0.15) is 6.04 Å². The van der Waals surface area contributed by atoms with Gasteiger partial charge in [-0.05, 0) is 17.5 Å². The SMILES string of the molecule is O=C(O)[C@@H]1NS(=O)(=O)N2CC(c3ccccc3)(c3ccccc3)C[C@@H]12. The van der Waals surface area contributed by atoms with Crippen molar-refractivity contribution in [3.8, 4) is 0 Å². The van der Waals surface area contributed by atoms with Crippen LogP contribution < -0.4 is 4.72 Å². The Labute approximate surface area is 146 Å². The Morgan fingerprint density at radius 3 is 2.04 bits per heavy atom. The molecule has 2 atom stereocenters. The Morgan fingerprint density at radius 1 is 1.04 bits per heavy atom. The molecule has 2 aromatic carbocycles. The quantitative estimate of drug-likeness (QED) is 0.867. The molecule has 2 heterocycles. The summed E-state index contributed by atoms with van der Waals surface area (Å²) in [6, 6.07) is 17.7. The van der Waals surface area contributed by atoms with E-state index in [2.05, 4.69) is 4.72 Å². The van der Waals surface area contributed by atoms with Crippen LogP contribution in [0.15, 0.2) is 60.7 Å². The molecule has 2 saturated heterocycles. The van der Waals surface area contributed by atoms with E-state index in [0.29, 0.717) is 6.42 Å². The van der Waals surface area contributed by atoms with Crippen molar-refractivity contribution in [2.24, 2.45) is 0 Å². The van der Waals surface area contributed by atoms with Crippen molar-refractivity contribution in [1.82, 2.24) is 9.03 Å². The molecule has 2 aliphatic rings. The number of carboxylic acid groups (broad SMARTS) is 1. The van der Waals surface area contributed by atoms with Crippen LogP contribution in [0.2, 0.25) is 0 Å². The monoisotopic (exact) mass is 358 g/mol. The fraction of sp³-hybridized carbons (Fsp3) is 0.278. The average Bonchev–Trinajstić information content (AvgIpc) is 3.13. The van der Waals surface area contributed by atoms with E-state index in [4.69, 9.17) is 0 Å². The second kappa shape index (κ2) is 5.66. The number of nitrogens with zero attached hydrogens (tertiary/aromatic N) is 1. The Balaban J connectivity index is 1.87. The molecule has 130 valence electrons. The molecule has 7 heteroatoms. The van der Waals surface area contributed by atoms with E-state index in [1.165, 1.54) is 4.31 Å². The summed E-state index contributed by atoms with van der Waals surface area (Å²) in [7, 11) is -3.80.